The molecule has 12 heavy (non-hydrogen) atoms. The van der Waals surface area contributed by atoms with Crippen molar-refractivity contribution in [3.63, 3.8) is 0 Å². The highest BCUT2D eigenvalue weighted by Gasteiger charge is 2.23. The van der Waals surface area contributed by atoms with Crippen LogP contribution in [-0.4, -0.2) is 20.8 Å². The molecule has 1 atom stereocenters. The molecule has 0 amide bonds. The molecular weight excluding hydrogens is 186 g/mol. The van der Waals surface area contributed by atoms with E-state index in [-0.39, 0.29) is 11.3 Å². The molecule has 0 aromatic heterocycles. The molecule has 0 spiro atoms. The molecule has 0 aromatic carbocycles. The first kappa shape index (κ1) is 9.38. The molecule has 68 valence electrons. The van der Waals surface area contributed by atoms with Gasteiger partial charge in [0.05, 0.1) is 0 Å². The molecule has 1 aliphatic rings. The summed E-state index contributed by atoms with van der Waals surface area (Å²) in [6, 6.07) is 0. The first-order valence-corrected chi connectivity index (χ1v) is 5.21. The lowest BCUT2D eigenvalue weighted by molar-refractivity contribution is 0.323. The van der Waals surface area contributed by atoms with E-state index in [1.807, 2.05) is 0 Å². The van der Waals surface area contributed by atoms with E-state index in [4.69, 9.17) is 0 Å². The van der Waals surface area contributed by atoms with E-state index in [0.717, 1.165) is 18.4 Å². The summed E-state index contributed by atoms with van der Waals surface area (Å²) >= 11 is 0. The molecule has 1 aliphatic carbocycles. The van der Waals surface area contributed by atoms with Gasteiger partial charge in [-0.05, 0) is 12.2 Å². The number of sulfone groups is 1. The fraction of sp³-hybridized carbons (Fsp3) is 0.429. The van der Waals surface area contributed by atoms with Crippen LogP contribution in [0, 0.1) is 0 Å². The predicted molar refractivity (Wildman–Crippen MR) is 41.6 cm³/mol. The molecule has 5 heteroatoms. The van der Waals surface area contributed by atoms with Gasteiger partial charge >= 0.3 is 0 Å². The van der Waals surface area contributed by atoms with Crippen molar-refractivity contribution in [1.82, 2.24) is 0 Å². The van der Waals surface area contributed by atoms with Crippen LogP contribution in [0.4, 0.5) is 8.78 Å². The van der Waals surface area contributed by atoms with Gasteiger partial charge in [0.25, 0.3) is 0 Å². The molecule has 2 nitrogen and oxygen atoms in total. The normalized spacial score (nSPS) is 24.8. The van der Waals surface area contributed by atoms with Crippen LogP contribution in [0.5, 0.6) is 0 Å². The van der Waals surface area contributed by atoms with Crippen molar-refractivity contribution in [2.24, 2.45) is 0 Å². The summed E-state index contributed by atoms with van der Waals surface area (Å²) in [6.45, 7) is 0. The quantitative estimate of drug-likeness (QED) is 0.634. The van der Waals surface area contributed by atoms with Crippen LogP contribution in [0.15, 0.2) is 22.9 Å². The molecule has 0 radical (unpaired) electrons. The Bertz CT molecular complexity index is 340. The highest BCUT2D eigenvalue weighted by Crippen LogP contribution is 2.25. The van der Waals surface area contributed by atoms with Gasteiger partial charge in [-0.1, -0.05) is 0 Å². The minimum absolute atomic E-state index is 0.0589. The van der Waals surface area contributed by atoms with Gasteiger partial charge in [0.15, 0.2) is 16.0 Å². The number of hydrogen-bond acceptors (Lipinski definition) is 2. The fourth-order valence-electron chi connectivity index (χ4n) is 0.894. The van der Waals surface area contributed by atoms with Crippen LogP contribution in [0.2, 0.25) is 0 Å². The van der Waals surface area contributed by atoms with Crippen LogP contribution in [-0.2, 0) is 9.84 Å². The highest BCUT2D eigenvalue weighted by molar-refractivity contribution is 7.94. The molecule has 0 aromatic rings. The molecule has 0 aliphatic heterocycles. The lowest BCUT2D eigenvalue weighted by Gasteiger charge is -2.11. The van der Waals surface area contributed by atoms with Crippen molar-refractivity contribution < 1.29 is 17.2 Å². The molecule has 0 saturated heterocycles. The second-order valence-electron chi connectivity index (χ2n) is 2.63. The second-order valence-corrected chi connectivity index (χ2v) is 4.70. The smallest absolute Gasteiger partial charge is 0.171 e. The minimum atomic E-state index is -3.37. The summed E-state index contributed by atoms with van der Waals surface area (Å²) in [7, 11) is -3.37. The third-order valence-electron chi connectivity index (χ3n) is 1.58. The van der Waals surface area contributed by atoms with E-state index in [1.165, 1.54) is 0 Å². The minimum Gasteiger partial charge on any atom is -0.239 e. The molecule has 0 N–H and O–H groups in total. The van der Waals surface area contributed by atoms with E-state index < -0.39 is 21.8 Å². The van der Waals surface area contributed by atoms with E-state index in [1.54, 1.807) is 0 Å². The van der Waals surface area contributed by atoms with Crippen molar-refractivity contribution in [3.05, 3.63) is 22.9 Å². The molecule has 0 fully saturated rings. The monoisotopic (exact) mass is 194 g/mol. The predicted octanol–water partition coefficient (Wildman–Crippen LogP) is 1.51. The average molecular weight is 194 g/mol. The largest absolute Gasteiger partial charge is 0.239 e. The van der Waals surface area contributed by atoms with Crippen molar-refractivity contribution in [1.29, 1.82) is 0 Å². The highest BCUT2D eigenvalue weighted by atomic mass is 32.2. The molecule has 0 heterocycles. The zero-order valence-corrected chi connectivity index (χ0v) is 7.24. The molecule has 0 bridgehead atoms. The molecule has 1 rings (SSSR count). The van der Waals surface area contributed by atoms with Gasteiger partial charge in [-0.25, -0.2) is 17.2 Å². The Labute approximate surface area is 69.5 Å². The average Bonchev–Trinajstić information content (AvgIpc) is 1.92. The zero-order chi connectivity index (χ0) is 9.35. The first-order valence-electron chi connectivity index (χ1n) is 3.31. The number of halogens is 2. The van der Waals surface area contributed by atoms with Crippen LogP contribution in [0.25, 0.3) is 0 Å². The molecular formula is C7H8F2O2S. The summed E-state index contributed by atoms with van der Waals surface area (Å²) in [5.41, 5.74) is 0. The Kier molecular flexibility index (Phi) is 2.32. The van der Waals surface area contributed by atoms with Gasteiger partial charge in [-0.2, -0.15) is 0 Å². The van der Waals surface area contributed by atoms with Gasteiger partial charge in [0.2, 0.25) is 0 Å². The van der Waals surface area contributed by atoms with E-state index in [0.29, 0.717) is 0 Å². The van der Waals surface area contributed by atoms with Gasteiger partial charge in [-0.3, -0.25) is 0 Å². The van der Waals surface area contributed by atoms with Crippen LogP contribution < -0.4 is 0 Å². The topological polar surface area (TPSA) is 34.1 Å². The van der Waals surface area contributed by atoms with Crippen LogP contribution >= 0.6 is 0 Å². The third kappa shape index (κ3) is 1.91. The van der Waals surface area contributed by atoms with Crippen molar-refractivity contribution in [2.45, 2.75) is 12.6 Å². The third-order valence-corrected chi connectivity index (χ3v) is 2.84. The Hall–Kier alpha value is -0.710. The standard InChI is InChI=1S/C7H8F2O2S/c1-12(10,11)5-2-3-6(8)7(9)4-5/h2-3,7H,4H2,1H3. The van der Waals surface area contributed by atoms with Gasteiger partial charge in [-0.15, -0.1) is 0 Å². The van der Waals surface area contributed by atoms with Crippen molar-refractivity contribution in [3.8, 4) is 0 Å². The van der Waals surface area contributed by atoms with Gasteiger partial charge < -0.3 is 0 Å². The SMILES string of the molecule is CS(=O)(=O)C1=CC=C(F)C(F)C1. The maximum Gasteiger partial charge on any atom is 0.171 e. The summed E-state index contributed by atoms with van der Waals surface area (Å²) in [6.07, 6.45) is 0.731. The number of allylic oxidation sites excluding steroid dienone is 4. The van der Waals surface area contributed by atoms with Crippen LogP contribution in [0.3, 0.4) is 0 Å². The van der Waals surface area contributed by atoms with E-state index in [9.17, 15) is 17.2 Å². The second kappa shape index (κ2) is 2.97. The first-order chi connectivity index (χ1) is 5.41. The Morgan fingerprint density at radius 3 is 2.50 bits per heavy atom. The zero-order valence-electron chi connectivity index (χ0n) is 6.42. The summed E-state index contributed by atoms with van der Waals surface area (Å²) in [4.78, 5) is -0.0589. The van der Waals surface area contributed by atoms with Crippen molar-refractivity contribution in [2.75, 3.05) is 6.26 Å². The lowest BCUT2D eigenvalue weighted by Crippen LogP contribution is -2.12. The Balaban J connectivity index is 3.00. The lowest BCUT2D eigenvalue weighted by atomic mass is 10.1. The summed E-state index contributed by atoms with van der Waals surface area (Å²) in [5, 5.41) is 0. The van der Waals surface area contributed by atoms with E-state index >= 15 is 0 Å². The van der Waals surface area contributed by atoms with Gasteiger partial charge in [0.1, 0.15) is 5.83 Å². The Morgan fingerprint density at radius 1 is 1.50 bits per heavy atom. The maximum absolute atomic E-state index is 12.6. The van der Waals surface area contributed by atoms with E-state index in [2.05, 4.69) is 0 Å². The summed E-state index contributed by atoms with van der Waals surface area (Å²) in [5.74, 6) is -0.914. The molecule has 0 saturated carbocycles. The fourth-order valence-corrected chi connectivity index (χ4v) is 1.66. The maximum atomic E-state index is 12.6. The molecule has 1 unspecified atom stereocenters. The van der Waals surface area contributed by atoms with Gasteiger partial charge in [0, 0.05) is 17.6 Å². The number of rotatable bonds is 1. The Morgan fingerprint density at radius 2 is 2.08 bits per heavy atom. The van der Waals surface area contributed by atoms with Crippen LogP contribution in [0.1, 0.15) is 6.42 Å². The van der Waals surface area contributed by atoms with Crippen molar-refractivity contribution >= 4 is 9.84 Å². The number of alkyl halides is 1. The number of hydrogen-bond donors (Lipinski definition) is 0. The summed E-state index contributed by atoms with van der Waals surface area (Å²) < 4.78 is 46.7.